The molecule has 1 atom stereocenters. The second kappa shape index (κ2) is 10.9. The highest BCUT2D eigenvalue weighted by Gasteiger charge is 2.17. The number of nitrogens with zero attached hydrogens (tertiary/aromatic N) is 1. The van der Waals surface area contributed by atoms with Crippen molar-refractivity contribution < 1.29 is 13.9 Å². The van der Waals surface area contributed by atoms with Gasteiger partial charge >= 0.3 is 0 Å². The Morgan fingerprint density at radius 2 is 2.00 bits per heavy atom. The third-order valence-electron chi connectivity index (χ3n) is 4.36. The lowest BCUT2D eigenvalue weighted by Gasteiger charge is -2.18. The van der Waals surface area contributed by atoms with Crippen molar-refractivity contribution in [2.45, 2.75) is 33.2 Å². The van der Waals surface area contributed by atoms with Crippen LogP contribution >= 0.6 is 0 Å². The third-order valence-corrected chi connectivity index (χ3v) is 4.36. The summed E-state index contributed by atoms with van der Waals surface area (Å²) in [6.07, 6.45) is 2.06. The van der Waals surface area contributed by atoms with Gasteiger partial charge in [-0.15, -0.1) is 0 Å². The Morgan fingerprint density at radius 1 is 1.28 bits per heavy atom. The molecule has 0 saturated heterocycles. The Morgan fingerprint density at radius 3 is 2.66 bits per heavy atom. The van der Waals surface area contributed by atoms with Gasteiger partial charge in [0.05, 0.1) is 12.6 Å². The van der Waals surface area contributed by atoms with E-state index in [1.165, 1.54) is 18.3 Å². The summed E-state index contributed by atoms with van der Waals surface area (Å²) in [5, 5.41) is 15.1. The van der Waals surface area contributed by atoms with Crippen LogP contribution in [0.15, 0.2) is 54.2 Å². The number of ether oxygens (including phenoxy) is 1. The summed E-state index contributed by atoms with van der Waals surface area (Å²) in [7, 11) is 0. The number of amides is 1. The normalized spacial score (nSPS) is 12.0. The van der Waals surface area contributed by atoms with Crippen molar-refractivity contribution in [2.75, 3.05) is 13.2 Å². The second-order valence-electron chi connectivity index (χ2n) is 6.67. The number of halogens is 1. The van der Waals surface area contributed by atoms with Crippen LogP contribution < -0.4 is 15.4 Å². The maximum Gasteiger partial charge on any atom is 0.263 e. The molecule has 0 aliphatic heterocycles. The number of benzene rings is 2. The first-order valence-electron chi connectivity index (χ1n) is 9.57. The standard InChI is InChI=1S/C23H26FN3O2/c1-4-29-22-10-5-16(2)13-21(22)17(3)27-23(28)19(14-25)15-26-12-11-18-6-8-20(24)9-7-18/h5-10,13,15,17,26H,4,11-12H2,1-3H3,(H,27,28)/b19-15-. The summed E-state index contributed by atoms with van der Waals surface area (Å²) in [4.78, 5) is 12.5. The lowest BCUT2D eigenvalue weighted by molar-refractivity contribution is -0.117. The van der Waals surface area contributed by atoms with Gasteiger partial charge in [-0.2, -0.15) is 5.26 Å². The number of carbonyl (C=O) groups excluding carboxylic acids is 1. The highest BCUT2D eigenvalue weighted by molar-refractivity contribution is 5.97. The van der Waals surface area contributed by atoms with E-state index in [2.05, 4.69) is 10.6 Å². The van der Waals surface area contributed by atoms with Crippen molar-refractivity contribution in [2.24, 2.45) is 0 Å². The van der Waals surface area contributed by atoms with Crippen molar-refractivity contribution in [1.29, 1.82) is 5.26 Å². The topological polar surface area (TPSA) is 74.1 Å². The van der Waals surface area contributed by atoms with Gasteiger partial charge in [-0.1, -0.05) is 29.8 Å². The van der Waals surface area contributed by atoms with Crippen LogP contribution in [0.1, 0.15) is 36.6 Å². The van der Waals surface area contributed by atoms with E-state index in [1.54, 1.807) is 12.1 Å². The van der Waals surface area contributed by atoms with Crippen LogP contribution in [0.25, 0.3) is 0 Å². The van der Waals surface area contributed by atoms with Gasteiger partial charge < -0.3 is 15.4 Å². The predicted molar refractivity (Wildman–Crippen MR) is 111 cm³/mol. The molecule has 2 N–H and O–H groups in total. The van der Waals surface area contributed by atoms with Gasteiger partial charge in [0, 0.05) is 18.3 Å². The number of rotatable bonds is 9. The van der Waals surface area contributed by atoms with Gasteiger partial charge in [-0.3, -0.25) is 4.79 Å². The minimum absolute atomic E-state index is 0.0124. The van der Waals surface area contributed by atoms with Crippen LogP contribution in [-0.4, -0.2) is 19.1 Å². The average molecular weight is 395 g/mol. The minimum Gasteiger partial charge on any atom is -0.494 e. The summed E-state index contributed by atoms with van der Waals surface area (Å²) in [5.41, 5.74) is 2.87. The van der Waals surface area contributed by atoms with Gasteiger partial charge in [-0.05, 0) is 51.0 Å². The molecule has 1 unspecified atom stereocenters. The van der Waals surface area contributed by atoms with Crippen LogP contribution in [0, 0.1) is 24.1 Å². The van der Waals surface area contributed by atoms with Gasteiger partial charge in [0.25, 0.3) is 5.91 Å². The lowest BCUT2D eigenvalue weighted by Crippen LogP contribution is -2.29. The second-order valence-corrected chi connectivity index (χ2v) is 6.67. The van der Waals surface area contributed by atoms with Gasteiger partial charge in [0.1, 0.15) is 23.2 Å². The number of nitriles is 1. The Hall–Kier alpha value is -3.33. The van der Waals surface area contributed by atoms with E-state index in [1.807, 2.05) is 45.0 Å². The summed E-state index contributed by atoms with van der Waals surface area (Å²) in [6.45, 7) is 6.77. The summed E-state index contributed by atoms with van der Waals surface area (Å²) in [6, 6.07) is 13.6. The summed E-state index contributed by atoms with van der Waals surface area (Å²) in [5.74, 6) is -0.0238. The molecule has 6 heteroatoms. The molecule has 152 valence electrons. The molecule has 2 aromatic rings. The van der Waals surface area contributed by atoms with E-state index in [0.29, 0.717) is 25.3 Å². The van der Waals surface area contributed by atoms with Gasteiger partial charge in [0.2, 0.25) is 0 Å². The molecular formula is C23H26FN3O2. The van der Waals surface area contributed by atoms with Crippen LogP contribution in [-0.2, 0) is 11.2 Å². The first-order chi connectivity index (χ1) is 13.9. The van der Waals surface area contributed by atoms with Crippen molar-refractivity contribution in [3.8, 4) is 11.8 Å². The van der Waals surface area contributed by atoms with Crippen LogP contribution in [0.2, 0.25) is 0 Å². The van der Waals surface area contributed by atoms with Gasteiger partial charge in [0.15, 0.2) is 0 Å². The van der Waals surface area contributed by atoms with Crippen molar-refractivity contribution >= 4 is 5.91 Å². The highest BCUT2D eigenvalue weighted by atomic mass is 19.1. The maximum atomic E-state index is 12.9. The number of carbonyl (C=O) groups is 1. The first kappa shape index (κ1) is 22.0. The maximum absolute atomic E-state index is 12.9. The van der Waals surface area contributed by atoms with Crippen molar-refractivity contribution in [1.82, 2.24) is 10.6 Å². The van der Waals surface area contributed by atoms with Crippen molar-refractivity contribution in [3.63, 3.8) is 0 Å². The Labute approximate surface area is 171 Å². The number of nitrogens with one attached hydrogen (secondary N) is 2. The van der Waals surface area contributed by atoms with E-state index in [4.69, 9.17) is 4.74 Å². The molecule has 0 aliphatic carbocycles. The van der Waals surface area contributed by atoms with E-state index in [-0.39, 0.29) is 17.4 Å². The molecule has 0 aromatic heterocycles. The molecule has 1 amide bonds. The molecule has 0 heterocycles. The molecule has 2 rings (SSSR count). The fourth-order valence-corrected chi connectivity index (χ4v) is 2.84. The van der Waals surface area contributed by atoms with E-state index in [0.717, 1.165) is 16.7 Å². The Bertz CT molecular complexity index is 901. The fraction of sp³-hybridized carbons (Fsp3) is 0.304. The predicted octanol–water partition coefficient (Wildman–Crippen LogP) is 3.95. The SMILES string of the molecule is CCOc1ccc(C)cc1C(C)NC(=O)/C(C#N)=C\NCCc1ccc(F)cc1. The lowest BCUT2D eigenvalue weighted by atomic mass is 10.0. The molecule has 0 aliphatic rings. The van der Waals surface area contributed by atoms with E-state index >= 15 is 0 Å². The Balaban J connectivity index is 1.96. The zero-order valence-corrected chi connectivity index (χ0v) is 17.0. The largest absolute Gasteiger partial charge is 0.494 e. The smallest absolute Gasteiger partial charge is 0.263 e. The fourth-order valence-electron chi connectivity index (χ4n) is 2.84. The number of hydrogen-bond donors (Lipinski definition) is 2. The molecule has 0 fully saturated rings. The van der Waals surface area contributed by atoms with E-state index in [9.17, 15) is 14.4 Å². The van der Waals surface area contributed by atoms with Crippen LogP contribution in [0.5, 0.6) is 5.75 Å². The number of hydrogen-bond acceptors (Lipinski definition) is 4. The molecule has 29 heavy (non-hydrogen) atoms. The molecule has 2 aromatic carbocycles. The average Bonchev–Trinajstić information content (AvgIpc) is 2.70. The van der Waals surface area contributed by atoms with E-state index < -0.39 is 5.91 Å². The highest BCUT2D eigenvalue weighted by Crippen LogP contribution is 2.26. The third kappa shape index (κ3) is 6.65. The quantitative estimate of drug-likeness (QED) is 0.383. The Kier molecular flexibility index (Phi) is 8.23. The minimum atomic E-state index is -0.460. The van der Waals surface area contributed by atoms with Gasteiger partial charge in [-0.25, -0.2) is 4.39 Å². The zero-order valence-electron chi connectivity index (χ0n) is 17.0. The summed E-state index contributed by atoms with van der Waals surface area (Å²) >= 11 is 0. The molecule has 5 nitrogen and oxygen atoms in total. The van der Waals surface area contributed by atoms with Crippen molar-refractivity contribution in [3.05, 3.63) is 76.7 Å². The van der Waals surface area contributed by atoms with Crippen LogP contribution in [0.4, 0.5) is 4.39 Å². The first-order valence-corrected chi connectivity index (χ1v) is 9.57. The number of aryl methyl sites for hydroxylation is 1. The molecule has 0 saturated carbocycles. The molecule has 0 bridgehead atoms. The monoisotopic (exact) mass is 395 g/mol. The van der Waals surface area contributed by atoms with Crippen LogP contribution in [0.3, 0.4) is 0 Å². The molecule has 0 radical (unpaired) electrons. The zero-order chi connectivity index (χ0) is 21.2. The molecular weight excluding hydrogens is 369 g/mol. The molecule has 0 spiro atoms. The summed E-state index contributed by atoms with van der Waals surface area (Å²) < 4.78 is 18.6.